The molecule has 2 aromatic carbocycles. The van der Waals surface area contributed by atoms with E-state index in [1.54, 1.807) is 42.5 Å². The molecule has 0 aliphatic heterocycles. The Morgan fingerprint density at radius 3 is 2.36 bits per heavy atom. The van der Waals surface area contributed by atoms with Gasteiger partial charge < -0.3 is 15.8 Å². The van der Waals surface area contributed by atoms with Gasteiger partial charge in [-0.25, -0.2) is 14.3 Å². The highest BCUT2D eigenvalue weighted by atomic mass is 35.5. The molecule has 0 radical (unpaired) electrons. The summed E-state index contributed by atoms with van der Waals surface area (Å²) in [4.78, 5) is 15.6. The molecule has 0 saturated heterocycles. The van der Waals surface area contributed by atoms with Crippen LogP contribution < -0.4 is 11.1 Å². The SMILES string of the molecule is COCCc1nc(C(F)(F)F)nn1-c1ccc(Nc2cn(-c3c(Cl)cccc3Cl)nc2C(N)=O)cc1. The van der Waals surface area contributed by atoms with E-state index in [-0.39, 0.29) is 30.2 Å². The minimum Gasteiger partial charge on any atom is -0.384 e. The third-order valence-electron chi connectivity index (χ3n) is 4.96. The van der Waals surface area contributed by atoms with Crippen molar-refractivity contribution >= 4 is 40.5 Å². The molecule has 3 N–H and O–H groups in total. The molecule has 4 aromatic rings. The van der Waals surface area contributed by atoms with E-state index in [4.69, 9.17) is 33.7 Å². The lowest BCUT2D eigenvalue weighted by molar-refractivity contribution is -0.144. The molecule has 0 aliphatic rings. The Morgan fingerprint density at radius 2 is 1.78 bits per heavy atom. The number of nitrogens with two attached hydrogens (primary N) is 1. The van der Waals surface area contributed by atoms with Gasteiger partial charge in [0, 0.05) is 19.2 Å². The molecule has 0 saturated carbocycles. The second-order valence-electron chi connectivity index (χ2n) is 7.45. The Balaban J connectivity index is 1.65. The van der Waals surface area contributed by atoms with Crippen LogP contribution in [-0.2, 0) is 17.3 Å². The van der Waals surface area contributed by atoms with E-state index in [0.717, 1.165) is 4.68 Å². The fraction of sp³-hybridized carbons (Fsp3) is 0.182. The van der Waals surface area contributed by atoms with E-state index in [2.05, 4.69) is 20.5 Å². The van der Waals surface area contributed by atoms with Crippen molar-refractivity contribution in [2.75, 3.05) is 19.0 Å². The molecular weight excluding hydrogens is 522 g/mol. The van der Waals surface area contributed by atoms with Gasteiger partial charge in [-0.15, -0.1) is 5.10 Å². The van der Waals surface area contributed by atoms with Gasteiger partial charge in [0.25, 0.3) is 11.7 Å². The second kappa shape index (κ2) is 10.2. The monoisotopic (exact) mass is 539 g/mol. The van der Waals surface area contributed by atoms with Crippen LogP contribution in [0.3, 0.4) is 0 Å². The number of ether oxygens (including phenoxy) is 1. The first-order chi connectivity index (χ1) is 17.1. The van der Waals surface area contributed by atoms with Crippen molar-refractivity contribution in [3.05, 3.63) is 76.0 Å². The first kappa shape index (κ1) is 25.5. The number of para-hydroxylation sites is 1. The molecule has 0 unspecified atom stereocenters. The molecule has 0 aliphatic carbocycles. The Morgan fingerprint density at radius 1 is 1.11 bits per heavy atom. The lowest BCUT2D eigenvalue weighted by Crippen LogP contribution is -2.14. The van der Waals surface area contributed by atoms with Gasteiger partial charge in [0.1, 0.15) is 11.5 Å². The number of aromatic nitrogens is 5. The summed E-state index contributed by atoms with van der Waals surface area (Å²) < 4.78 is 46.9. The number of carbonyl (C=O) groups excluding carboxylic acids is 1. The van der Waals surface area contributed by atoms with E-state index in [1.807, 2.05) is 0 Å². The third kappa shape index (κ3) is 5.30. The van der Waals surface area contributed by atoms with Crippen molar-refractivity contribution in [1.82, 2.24) is 24.5 Å². The second-order valence-corrected chi connectivity index (χ2v) is 8.26. The molecule has 2 heterocycles. The van der Waals surface area contributed by atoms with Crippen LogP contribution in [0.4, 0.5) is 24.5 Å². The smallest absolute Gasteiger partial charge is 0.384 e. The number of carbonyl (C=O) groups is 1. The van der Waals surface area contributed by atoms with Crippen molar-refractivity contribution in [3.63, 3.8) is 0 Å². The number of anilines is 2. The molecular formula is C22H18Cl2F3N7O2. The highest BCUT2D eigenvalue weighted by molar-refractivity contribution is 6.37. The topological polar surface area (TPSA) is 113 Å². The van der Waals surface area contributed by atoms with E-state index < -0.39 is 17.9 Å². The third-order valence-corrected chi connectivity index (χ3v) is 5.57. The first-order valence-corrected chi connectivity index (χ1v) is 11.1. The zero-order chi connectivity index (χ0) is 26.0. The minimum absolute atomic E-state index is 0.0667. The first-order valence-electron chi connectivity index (χ1n) is 10.3. The summed E-state index contributed by atoms with van der Waals surface area (Å²) in [6, 6.07) is 11.2. The quantitative estimate of drug-likeness (QED) is 0.332. The molecule has 36 heavy (non-hydrogen) atoms. The number of rotatable bonds is 8. The maximum atomic E-state index is 13.2. The van der Waals surface area contributed by atoms with E-state index >= 15 is 0 Å². The van der Waals surface area contributed by atoms with Gasteiger partial charge in [0.15, 0.2) is 5.69 Å². The lowest BCUT2D eigenvalue weighted by atomic mass is 10.2. The van der Waals surface area contributed by atoms with E-state index in [9.17, 15) is 18.0 Å². The molecule has 188 valence electrons. The summed E-state index contributed by atoms with van der Waals surface area (Å²) >= 11 is 12.5. The zero-order valence-electron chi connectivity index (χ0n) is 18.6. The summed E-state index contributed by atoms with van der Waals surface area (Å²) in [6.07, 6.45) is -3.06. The van der Waals surface area contributed by atoms with Crippen LogP contribution in [0.15, 0.2) is 48.7 Å². The number of hydrogen-bond donors (Lipinski definition) is 2. The normalized spacial score (nSPS) is 11.6. The summed E-state index contributed by atoms with van der Waals surface area (Å²) in [6.45, 7) is 0.172. The summed E-state index contributed by atoms with van der Waals surface area (Å²) in [5.41, 5.74) is 6.91. The maximum Gasteiger partial charge on any atom is 0.453 e. The van der Waals surface area contributed by atoms with Crippen LogP contribution in [0.5, 0.6) is 0 Å². The van der Waals surface area contributed by atoms with E-state index in [1.165, 1.54) is 18.0 Å². The van der Waals surface area contributed by atoms with Gasteiger partial charge in [-0.1, -0.05) is 29.3 Å². The van der Waals surface area contributed by atoms with Crippen molar-refractivity contribution in [2.45, 2.75) is 12.6 Å². The fourth-order valence-electron chi connectivity index (χ4n) is 3.34. The van der Waals surface area contributed by atoms with Crippen LogP contribution in [-0.4, -0.2) is 44.2 Å². The van der Waals surface area contributed by atoms with Crippen molar-refractivity contribution in [3.8, 4) is 11.4 Å². The van der Waals surface area contributed by atoms with Crippen LogP contribution >= 0.6 is 23.2 Å². The minimum atomic E-state index is -4.69. The number of amides is 1. The van der Waals surface area contributed by atoms with Crippen LogP contribution in [0, 0.1) is 0 Å². The summed E-state index contributed by atoms with van der Waals surface area (Å²) in [5, 5.41) is 11.5. The molecule has 0 atom stereocenters. The average Bonchev–Trinajstić information content (AvgIpc) is 3.43. The number of benzene rings is 2. The molecule has 1 amide bonds. The average molecular weight is 540 g/mol. The number of alkyl halides is 3. The summed E-state index contributed by atoms with van der Waals surface area (Å²) in [5.74, 6) is -1.94. The standard InChI is InChI=1S/C22H18Cl2F3N7O2/c1-36-10-9-17-30-21(22(25,26)27)32-34(17)13-7-5-12(6-8-13)29-16-11-33(31-18(16)20(28)35)19-14(23)3-2-4-15(19)24/h2-8,11,29H,9-10H2,1H3,(H2,28,35). The van der Waals surface area contributed by atoms with Crippen LogP contribution in [0.2, 0.25) is 10.0 Å². The van der Waals surface area contributed by atoms with Gasteiger partial charge in [0.05, 0.1) is 34.2 Å². The van der Waals surface area contributed by atoms with Gasteiger partial charge in [-0.05, 0) is 36.4 Å². The lowest BCUT2D eigenvalue weighted by Gasteiger charge is -2.09. The molecule has 4 rings (SSSR count). The Kier molecular flexibility index (Phi) is 7.20. The number of primary amides is 1. The van der Waals surface area contributed by atoms with Gasteiger partial charge in [0.2, 0.25) is 0 Å². The zero-order valence-corrected chi connectivity index (χ0v) is 20.1. The number of nitrogens with one attached hydrogen (secondary N) is 1. The molecule has 0 bridgehead atoms. The molecule has 2 aromatic heterocycles. The fourth-order valence-corrected chi connectivity index (χ4v) is 3.91. The Labute approximate surface area is 212 Å². The number of halogens is 5. The van der Waals surface area contributed by atoms with Crippen molar-refractivity contribution < 1.29 is 22.7 Å². The predicted octanol–water partition coefficient (Wildman–Crippen LogP) is 4.81. The Bertz CT molecular complexity index is 1380. The number of methoxy groups -OCH3 is 1. The van der Waals surface area contributed by atoms with Crippen molar-refractivity contribution in [2.24, 2.45) is 5.73 Å². The molecule has 0 fully saturated rings. The summed E-state index contributed by atoms with van der Waals surface area (Å²) in [7, 11) is 1.44. The highest BCUT2D eigenvalue weighted by Crippen LogP contribution is 2.31. The number of nitrogens with zero attached hydrogens (tertiary/aromatic N) is 5. The molecule has 9 nitrogen and oxygen atoms in total. The van der Waals surface area contributed by atoms with Crippen molar-refractivity contribution in [1.29, 1.82) is 0 Å². The van der Waals surface area contributed by atoms with Crippen LogP contribution in [0.1, 0.15) is 22.1 Å². The maximum absolute atomic E-state index is 13.2. The van der Waals surface area contributed by atoms with Gasteiger partial charge in [-0.3, -0.25) is 4.79 Å². The highest BCUT2D eigenvalue weighted by Gasteiger charge is 2.37. The van der Waals surface area contributed by atoms with Gasteiger partial charge in [-0.2, -0.15) is 18.3 Å². The van der Waals surface area contributed by atoms with E-state index in [0.29, 0.717) is 27.1 Å². The van der Waals surface area contributed by atoms with Gasteiger partial charge >= 0.3 is 6.18 Å². The predicted molar refractivity (Wildman–Crippen MR) is 127 cm³/mol. The largest absolute Gasteiger partial charge is 0.453 e. The number of hydrogen-bond acceptors (Lipinski definition) is 6. The molecule has 0 spiro atoms. The molecule has 14 heteroatoms. The van der Waals surface area contributed by atoms with Crippen LogP contribution in [0.25, 0.3) is 11.4 Å². The Hall–Kier alpha value is -3.61.